The Morgan fingerprint density at radius 2 is 1.90 bits per heavy atom. The van der Waals surface area contributed by atoms with E-state index in [1.807, 2.05) is 0 Å². The molecule has 1 N–H and O–H groups in total. The summed E-state index contributed by atoms with van der Waals surface area (Å²) in [5, 5.41) is 3.58. The summed E-state index contributed by atoms with van der Waals surface area (Å²) in [6.07, 6.45) is 3.91. The van der Waals surface area contributed by atoms with E-state index in [0.717, 1.165) is 25.6 Å². The van der Waals surface area contributed by atoms with Crippen LogP contribution < -0.4 is 5.32 Å². The van der Waals surface area contributed by atoms with E-state index in [1.165, 1.54) is 42.8 Å². The number of hydrogen-bond acceptors (Lipinski definition) is 3. The molecule has 0 radical (unpaired) electrons. The lowest BCUT2D eigenvalue weighted by Gasteiger charge is -2.37. The van der Waals surface area contributed by atoms with Crippen LogP contribution in [0.1, 0.15) is 37.8 Å². The van der Waals surface area contributed by atoms with E-state index in [0.29, 0.717) is 4.75 Å². The quantitative estimate of drug-likeness (QED) is 0.868. The minimum atomic E-state index is 0.409. The van der Waals surface area contributed by atoms with Crippen molar-refractivity contribution in [2.75, 3.05) is 25.4 Å². The van der Waals surface area contributed by atoms with Crippen LogP contribution >= 0.6 is 11.8 Å². The van der Waals surface area contributed by atoms with Gasteiger partial charge in [0.05, 0.1) is 0 Å². The Hall–Kier alpha value is -0.510. The number of hydrogen-bond donors (Lipinski definition) is 1. The molecule has 1 aliphatic heterocycles. The van der Waals surface area contributed by atoms with Crippen LogP contribution in [0.25, 0.3) is 0 Å². The zero-order valence-electron chi connectivity index (χ0n) is 13.4. The Balaban J connectivity index is 1.47. The minimum Gasteiger partial charge on any atom is -0.314 e. The summed E-state index contributed by atoms with van der Waals surface area (Å²) in [6, 6.07) is 10.1. The highest BCUT2D eigenvalue weighted by atomic mass is 32.2. The van der Waals surface area contributed by atoms with Gasteiger partial charge in [0.25, 0.3) is 0 Å². The highest BCUT2D eigenvalue weighted by Crippen LogP contribution is 2.30. The summed E-state index contributed by atoms with van der Waals surface area (Å²) in [5.41, 5.74) is 2.91. The van der Waals surface area contributed by atoms with Gasteiger partial charge in [-0.05, 0) is 50.8 Å². The van der Waals surface area contributed by atoms with Gasteiger partial charge in [0, 0.05) is 36.2 Å². The van der Waals surface area contributed by atoms with Crippen molar-refractivity contribution in [1.29, 1.82) is 0 Å². The molecule has 0 bridgehead atoms. The molecule has 1 saturated carbocycles. The average Bonchev–Trinajstić information content (AvgIpc) is 3.24. The van der Waals surface area contributed by atoms with Gasteiger partial charge in [0.2, 0.25) is 0 Å². The van der Waals surface area contributed by atoms with Crippen molar-refractivity contribution < 1.29 is 0 Å². The predicted octanol–water partition coefficient (Wildman–Crippen LogP) is 3.31. The van der Waals surface area contributed by atoms with Gasteiger partial charge in [0.1, 0.15) is 0 Å². The Labute approximate surface area is 133 Å². The molecule has 1 heterocycles. The van der Waals surface area contributed by atoms with E-state index in [1.54, 1.807) is 0 Å². The zero-order chi connectivity index (χ0) is 14.7. The highest BCUT2D eigenvalue weighted by molar-refractivity contribution is 8.00. The van der Waals surface area contributed by atoms with E-state index >= 15 is 0 Å². The van der Waals surface area contributed by atoms with Crippen LogP contribution in [0.3, 0.4) is 0 Å². The van der Waals surface area contributed by atoms with Gasteiger partial charge in [0.15, 0.2) is 0 Å². The van der Waals surface area contributed by atoms with Crippen molar-refractivity contribution in [3.63, 3.8) is 0 Å². The summed E-state index contributed by atoms with van der Waals surface area (Å²) >= 11 is 2.10. The zero-order valence-corrected chi connectivity index (χ0v) is 14.2. The molecule has 2 aliphatic rings. The molecular weight excluding hydrogens is 276 g/mol. The summed E-state index contributed by atoms with van der Waals surface area (Å²) in [7, 11) is 0. The summed E-state index contributed by atoms with van der Waals surface area (Å²) in [5.74, 6) is 1.26. The van der Waals surface area contributed by atoms with Gasteiger partial charge >= 0.3 is 0 Å². The molecule has 0 amide bonds. The molecule has 2 fully saturated rings. The normalized spacial score (nSPS) is 22.4. The lowest BCUT2D eigenvalue weighted by Crippen LogP contribution is -2.42. The van der Waals surface area contributed by atoms with Crippen molar-refractivity contribution in [3.05, 3.63) is 35.4 Å². The minimum absolute atomic E-state index is 0.409. The van der Waals surface area contributed by atoms with Crippen LogP contribution in [0.15, 0.2) is 24.3 Å². The standard InChI is InChI=1S/C18H28N2S/c1-18(2)14-20(11-12-21-18)13-16-5-3-15(4-6-16)9-10-19-17-7-8-17/h3-6,17,19H,7-14H2,1-2H3. The number of thioether (sulfide) groups is 1. The fourth-order valence-corrected chi connectivity index (χ4v) is 4.20. The smallest absolute Gasteiger partial charge is 0.0234 e. The molecular formula is C18H28N2S. The first-order valence-corrected chi connectivity index (χ1v) is 9.27. The van der Waals surface area contributed by atoms with Gasteiger partial charge in [-0.3, -0.25) is 4.90 Å². The van der Waals surface area contributed by atoms with E-state index in [9.17, 15) is 0 Å². The van der Waals surface area contributed by atoms with Crippen molar-refractivity contribution in [2.24, 2.45) is 0 Å². The van der Waals surface area contributed by atoms with Gasteiger partial charge in [-0.1, -0.05) is 24.3 Å². The number of rotatable bonds is 6. The maximum absolute atomic E-state index is 3.58. The van der Waals surface area contributed by atoms with Crippen molar-refractivity contribution in [3.8, 4) is 0 Å². The molecule has 1 aromatic rings. The monoisotopic (exact) mass is 304 g/mol. The Morgan fingerprint density at radius 1 is 1.19 bits per heavy atom. The van der Waals surface area contributed by atoms with Gasteiger partial charge in [-0.2, -0.15) is 11.8 Å². The summed E-state index contributed by atoms with van der Waals surface area (Å²) in [4.78, 5) is 2.60. The van der Waals surface area contributed by atoms with E-state index in [2.05, 4.69) is 60.1 Å². The number of nitrogens with zero attached hydrogens (tertiary/aromatic N) is 1. The molecule has 0 atom stereocenters. The van der Waals surface area contributed by atoms with Crippen molar-refractivity contribution in [2.45, 2.75) is 50.4 Å². The van der Waals surface area contributed by atoms with Crippen LogP contribution in [0.4, 0.5) is 0 Å². The fourth-order valence-electron chi connectivity index (χ4n) is 3.03. The van der Waals surface area contributed by atoms with E-state index in [-0.39, 0.29) is 0 Å². The second kappa shape index (κ2) is 6.72. The summed E-state index contributed by atoms with van der Waals surface area (Å²) in [6.45, 7) is 9.37. The molecule has 1 aliphatic carbocycles. The SMILES string of the molecule is CC1(C)CN(Cc2ccc(CCNC3CC3)cc2)CCS1. The van der Waals surface area contributed by atoms with Crippen LogP contribution in [-0.4, -0.2) is 41.1 Å². The maximum atomic E-state index is 3.58. The lowest BCUT2D eigenvalue weighted by molar-refractivity contribution is 0.252. The molecule has 3 rings (SSSR count). The van der Waals surface area contributed by atoms with Crippen molar-refractivity contribution >= 4 is 11.8 Å². The predicted molar refractivity (Wildman–Crippen MR) is 93.0 cm³/mol. The average molecular weight is 305 g/mol. The largest absolute Gasteiger partial charge is 0.314 e. The topological polar surface area (TPSA) is 15.3 Å². The Morgan fingerprint density at radius 3 is 2.57 bits per heavy atom. The second-order valence-corrected chi connectivity index (χ2v) is 8.92. The van der Waals surface area contributed by atoms with E-state index in [4.69, 9.17) is 0 Å². The molecule has 0 spiro atoms. The van der Waals surface area contributed by atoms with Gasteiger partial charge in [-0.15, -0.1) is 0 Å². The van der Waals surface area contributed by atoms with Crippen LogP contribution in [0, 0.1) is 0 Å². The third-order valence-electron chi connectivity index (χ3n) is 4.36. The van der Waals surface area contributed by atoms with Crippen LogP contribution in [-0.2, 0) is 13.0 Å². The van der Waals surface area contributed by atoms with Crippen molar-refractivity contribution in [1.82, 2.24) is 10.2 Å². The molecule has 3 heteroatoms. The first-order valence-electron chi connectivity index (χ1n) is 8.28. The summed E-state index contributed by atoms with van der Waals surface area (Å²) < 4.78 is 0.409. The van der Waals surface area contributed by atoms with Gasteiger partial charge in [-0.25, -0.2) is 0 Å². The molecule has 0 aromatic heterocycles. The molecule has 1 aromatic carbocycles. The molecule has 0 unspecified atom stereocenters. The Bertz CT molecular complexity index is 451. The van der Waals surface area contributed by atoms with Crippen LogP contribution in [0.5, 0.6) is 0 Å². The first-order chi connectivity index (χ1) is 10.1. The molecule has 2 nitrogen and oxygen atoms in total. The van der Waals surface area contributed by atoms with Crippen LogP contribution in [0.2, 0.25) is 0 Å². The fraction of sp³-hybridized carbons (Fsp3) is 0.667. The first kappa shape index (κ1) is 15.4. The van der Waals surface area contributed by atoms with E-state index < -0.39 is 0 Å². The third-order valence-corrected chi connectivity index (χ3v) is 5.66. The maximum Gasteiger partial charge on any atom is 0.0234 e. The third kappa shape index (κ3) is 5.01. The Kier molecular flexibility index (Phi) is 4.92. The lowest BCUT2D eigenvalue weighted by atomic mass is 10.1. The van der Waals surface area contributed by atoms with Gasteiger partial charge < -0.3 is 5.32 Å². The molecule has 116 valence electrons. The highest BCUT2D eigenvalue weighted by Gasteiger charge is 2.26. The number of nitrogens with one attached hydrogen (secondary N) is 1. The second-order valence-electron chi connectivity index (χ2n) is 7.11. The molecule has 1 saturated heterocycles. The number of benzene rings is 1. The molecule has 21 heavy (non-hydrogen) atoms.